The van der Waals surface area contributed by atoms with E-state index in [0.29, 0.717) is 5.41 Å². The van der Waals surface area contributed by atoms with Gasteiger partial charge in [0.15, 0.2) is 0 Å². The molecule has 0 atom stereocenters. The van der Waals surface area contributed by atoms with Crippen molar-refractivity contribution in [1.29, 1.82) is 0 Å². The topological polar surface area (TPSA) is 17.1 Å². The summed E-state index contributed by atoms with van der Waals surface area (Å²) >= 11 is 1.45. The van der Waals surface area contributed by atoms with Crippen LogP contribution in [0.3, 0.4) is 0 Å². The molecule has 0 radical (unpaired) electrons. The Morgan fingerprint density at radius 1 is 1.09 bits per heavy atom. The predicted molar refractivity (Wildman–Crippen MR) is 97.6 cm³/mol. The van der Waals surface area contributed by atoms with E-state index < -0.39 is 0 Å². The highest BCUT2D eigenvalue weighted by atomic mass is 32.2. The van der Waals surface area contributed by atoms with Crippen molar-refractivity contribution in [3.8, 4) is 0 Å². The molecule has 4 aliphatic carbocycles. The van der Waals surface area contributed by atoms with Crippen LogP contribution in [-0.4, -0.2) is 10.9 Å². The van der Waals surface area contributed by atoms with E-state index >= 15 is 0 Å². The molecule has 1 aromatic rings. The Labute approximate surface area is 143 Å². The Balaban J connectivity index is 1.40. The van der Waals surface area contributed by atoms with Crippen LogP contribution in [0.25, 0.3) is 0 Å². The average molecular weight is 327 g/mol. The average Bonchev–Trinajstić information content (AvgIpc) is 2.54. The monoisotopic (exact) mass is 326 g/mol. The van der Waals surface area contributed by atoms with Gasteiger partial charge in [-0.3, -0.25) is 4.79 Å². The largest absolute Gasteiger partial charge is 0.282 e. The third kappa shape index (κ3) is 3.03. The van der Waals surface area contributed by atoms with E-state index in [1.165, 1.54) is 50.3 Å². The molecule has 2 heteroatoms. The highest BCUT2D eigenvalue weighted by molar-refractivity contribution is 8.14. The summed E-state index contributed by atoms with van der Waals surface area (Å²) in [4.78, 5) is 12.2. The van der Waals surface area contributed by atoms with Gasteiger partial charge >= 0.3 is 0 Å². The minimum Gasteiger partial charge on any atom is -0.282 e. The number of hydrogen-bond acceptors (Lipinski definition) is 2. The second-order valence-electron chi connectivity index (χ2n) is 8.05. The number of allylic oxidation sites excluding steroid dienone is 1. The summed E-state index contributed by atoms with van der Waals surface area (Å²) in [7, 11) is 0. The van der Waals surface area contributed by atoms with E-state index in [1.54, 1.807) is 5.57 Å². The Hall–Kier alpha value is -1.02. The van der Waals surface area contributed by atoms with Gasteiger partial charge in [0.05, 0.1) is 0 Å². The summed E-state index contributed by atoms with van der Waals surface area (Å²) in [5, 5.41) is 0.195. The number of rotatable bonds is 4. The van der Waals surface area contributed by atoms with Gasteiger partial charge in [-0.1, -0.05) is 53.7 Å². The Bertz CT molecular complexity index is 581. The van der Waals surface area contributed by atoms with Gasteiger partial charge in [0.1, 0.15) is 0 Å². The van der Waals surface area contributed by atoms with Crippen molar-refractivity contribution in [2.45, 2.75) is 45.4 Å². The van der Waals surface area contributed by atoms with Crippen LogP contribution in [0.1, 0.15) is 55.8 Å². The first kappa shape index (κ1) is 15.5. The maximum atomic E-state index is 12.2. The zero-order valence-corrected chi connectivity index (χ0v) is 14.8. The van der Waals surface area contributed by atoms with E-state index in [-0.39, 0.29) is 5.12 Å². The number of hydrogen-bond donors (Lipinski definition) is 0. The molecule has 4 bridgehead atoms. The number of carbonyl (C=O) groups is 1. The quantitative estimate of drug-likeness (QED) is 0.658. The van der Waals surface area contributed by atoms with Crippen molar-refractivity contribution < 1.29 is 4.79 Å². The van der Waals surface area contributed by atoms with Crippen LogP contribution in [0.2, 0.25) is 0 Å². The second-order valence-corrected chi connectivity index (χ2v) is 9.04. The normalized spacial score (nSPS) is 35.5. The molecule has 0 heterocycles. The smallest absolute Gasteiger partial charge is 0.219 e. The van der Waals surface area contributed by atoms with Gasteiger partial charge in [-0.2, -0.15) is 0 Å². The fraction of sp³-hybridized carbons (Fsp3) is 0.571. The number of thioether (sulfide) groups is 1. The summed E-state index contributed by atoms with van der Waals surface area (Å²) in [6.45, 7) is 2.33. The second kappa shape index (κ2) is 6.12. The molecule has 0 saturated heterocycles. The van der Waals surface area contributed by atoms with Crippen molar-refractivity contribution >= 4 is 16.9 Å². The number of benzene rings is 1. The SMILES string of the molecule is C/C(=C/CSC(=O)c1ccccc1)C12CC3CC(CC(C3)C1)C2. The lowest BCUT2D eigenvalue weighted by molar-refractivity contribution is -0.0304. The molecule has 122 valence electrons. The molecule has 1 nitrogen and oxygen atoms in total. The summed E-state index contributed by atoms with van der Waals surface area (Å²) in [6.07, 6.45) is 11.1. The molecule has 0 spiro atoms. The number of carbonyl (C=O) groups excluding carboxylic acids is 1. The summed E-state index contributed by atoms with van der Waals surface area (Å²) < 4.78 is 0. The summed E-state index contributed by atoms with van der Waals surface area (Å²) in [5.74, 6) is 3.79. The summed E-state index contributed by atoms with van der Waals surface area (Å²) in [5.41, 5.74) is 2.88. The van der Waals surface area contributed by atoms with E-state index in [4.69, 9.17) is 0 Å². The zero-order chi connectivity index (χ0) is 15.9. The fourth-order valence-electron chi connectivity index (χ4n) is 5.71. The van der Waals surface area contributed by atoms with Gasteiger partial charge in [-0.15, -0.1) is 0 Å². The third-order valence-electron chi connectivity index (χ3n) is 6.49. The van der Waals surface area contributed by atoms with Crippen LogP contribution in [0.15, 0.2) is 42.0 Å². The van der Waals surface area contributed by atoms with Gasteiger partial charge < -0.3 is 0 Å². The molecule has 4 fully saturated rings. The minimum atomic E-state index is 0.195. The molecule has 0 amide bonds. The molecule has 0 aromatic heterocycles. The van der Waals surface area contributed by atoms with Crippen molar-refractivity contribution in [2.24, 2.45) is 23.2 Å². The lowest BCUT2D eigenvalue weighted by Gasteiger charge is -2.57. The molecule has 0 aliphatic heterocycles. The predicted octanol–water partition coefficient (Wildman–Crippen LogP) is 5.72. The maximum Gasteiger partial charge on any atom is 0.219 e. The van der Waals surface area contributed by atoms with Crippen molar-refractivity contribution in [1.82, 2.24) is 0 Å². The molecule has 4 aliphatic rings. The Morgan fingerprint density at radius 2 is 1.65 bits per heavy atom. The van der Waals surface area contributed by atoms with Gasteiger partial charge in [0, 0.05) is 11.3 Å². The van der Waals surface area contributed by atoms with E-state index in [0.717, 1.165) is 29.1 Å². The van der Waals surface area contributed by atoms with Gasteiger partial charge in [-0.05, 0) is 68.6 Å². The molecule has 1 aromatic carbocycles. The Morgan fingerprint density at radius 3 is 2.22 bits per heavy atom. The third-order valence-corrected chi connectivity index (χ3v) is 7.32. The highest BCUT2D eigenvalue weighted by Gasteiger charge is 2.51. The van der Waals surface area contributed by atoms with Gasteiger partial charge in [0.2, 0.25) is 5.12 Å². The maximum absolute atomic E-state index is 12.2. The molecule has 0 unspecified atom stereocenters. The van der Waals surface area contributed by atoms with Crippen LogP contribution in [0.4, 0.5) is 0 Å². The minimum absolute atomic E-state index is 0.195. The first-order chi connectivity index (χ1) is 11.1. The van der Waals surface area contributed by atoms with Crippen LogP contribution >= 0.6 is 11.8 Å². The van der Waals surface area contributed by atoms with Gasteiger partial charge in [0.25, 0.3) is 0 Å². The molecular formula is C21H26OS. The van der Waals surface area contributed by atoms with Crippen LogP contribution in [-0.2, 0) is 0 Å². The standard InChI is InChI=1S/C21H26OS/c1-15(7-8-23-20(22)19-5-3-2-4-6-19)21-12-16-9-17(13-21)11-18(10-16)14-21/h2-7,16-18H,8-14H2,1H3/b15-7-. The van der Waals surface area contributed by atoms with Crippen molar-refractivity contribution in [2.75, 3.05) is 5.75 Å². The zero-order valence-electron chi connectivity index (χ0n) is 14.0. The van der Waals surface area contributed by atoms with Crippen molar-refractivity contribution in [3.05, 3.63) is 47.5 Å². The van der Waals surface area contributed by atoms with Crippen LogP contribution in [0, 0.1) is 23.2 Å². The summed E-state index contributed by atoms with van der Waals surface area (Å²) in [6, 6.07) is 9.64. The van der Waals surface area contributed by atoms with Crippen LogP contribution in [0.5, 0.6) is 0 Å². The Kier molecular flexibility index (Phi) is 4.13. The van der Waals surface area contributed by atoms with Crippen molar-refractivity contribution in [3.63, 3.8) is 0 Å². The lowest BCUT2D eigenvalue weighted by Crippen LogP contribution is -2.46. The first-order valence-electron chi connectivity index (χ1n) is 9.04. The van der Waals surface area contributed by atoms with Gasteiger partial charge in [-0.25, -0.2) is 0 Å². The lowest BCUT2D eigenvalue weighted by atomic mass is 9.48. The highest BCUT2D eigenvalue weighted by Crippen LogP contribution is 2.62. The van der Waals surface area contributed by atoms with E-state index in [2.05, 4.69) is 13.0 Å². The molecular weight excluding hydrogens is 300 g/mol. The molecule has 23 heavy (non-hydrogen) atoms. The molecule has 4 saturated carbocycles. The fourth-order valence-corrected chi connectivity index (χ4v) is 6.50. The van der Waals surface area contributed by atoms with E-state index in [1.807, 2.05) is 30.3 Å². The van der Waals surface area contributed by atoms with E-state index in [9.17, 15) is 4.79 Å². The first-order valence-corrected chi connectivity index (χ1v) is 10.0. The molecule has 5 rings (SSSR count). The molecule has 0 N–H and O–H groups in total. The van der Waals surface area contributed by atoms with Crippen LogP contribution < -0.4 is 0 Å².